The maximum absolute atomic E-state index is 12.8. The standard InChI is InChI=1S/C21H30N2O5/c1-6-15(24)18-19(14-9-10-16(27-4)17(13-14)28-5)23(21(26)20(18)25)12-11-22(7-2)8-3/h9-10,13,19,25H,6-8,11-12H2,1-5H3. The molecule has 1 atom stereocenters. The molecule has 28 heavy (non-hydrogen) atoms. The molecule has 7 heteroatoms. The molecular formula is C21H30N2O5. The topological polar surface area (TPSA) is 79.3 Å². The summed E-state index contributed by atoms with van der Waals surface area (Å²) in [5.41, 5.74) is 0.852. The molecule has 0 fully saturated rings. The molecule has 0 saturated carbocycles. The highest BCUT2D eigenvalue weighted by Crippen LogP contribution is 2.40. The molecule has 154 valence electrons. The van der Waals surface area contributed by atoms with Gasteiger partial charge in [-0.1, -0.05) is 26.8 Å². The second-order valence-corrected chi connectivity index (χ2v) is 6.58. The van der Waals surface area contributed by atoms with Crippen LogP contribution < -0.4 is 9.47 Å². The summed E-state index contributed by atoms with van der Waals surface area (Å²) < 4.78 is 10.7. The van der Waals surface area contributed by atoms with Crippen molar-refractivity contribution < 1.29 is 24.2 Å². The van der Waals surface area contributed by atoms with Crippen LogP contribution in [0.1, 0.15) is 38.8 Å². The second-order valence-electron chi connectivity index (χ2n) is 6.58. The zero-order valence-electron chi connectivity index (χ0n) is 17.3. The Morgan fingerprint density at radius 2 is 1.79 bits per heavy atom. The summed E-state index contributed by atoms with van der Waals surface area (Å²) in [5, 5.41) is 10.5. The Morgan fingerprint density at radius 3 is 2.32 bits per heavy atom. The molecule has 0 aliphatic carbocycles. The highest BCUT2D eigenvalue weighted by molar-refractivity contribution is 6.08. The lowest BCUT2D eigenvalue weighted by atomic mass is 9.94. The minimum absolute atomic E-state index is 0.152. The van der Waals surface area contributed by atoms with Crippen molar-refractivity contribution in [3.05, 3.63) is 35.1 Å². The van der Waals surface area contributed by atoms with E-state index in [-0.39, 0.29) is 17.8 Å². The van der Waals surface area contributed by atoms with Gasteiger partial charge < -0.3 is 24.4 Å². The molecule has 2 rings (SSSR count). The van der Waals surface area contributed by atoms with Crippen LogP contribution in [0.15, 0.2) is 29.5 Å². The fourth-order valence-electron chi connectivity index (χ4n) is 3.52. The molecule has 0 radical (unpaired) electrons. The Kier molecular flexibility index (Phi) is 7.45. The van der Waals surface area contributed by atoms with E-state index in [2.05, 4.69) is 18.7 Å². The number of Topliss-reactive ketones (excluding diaryl/α,β-unsaturated/α-hetero) is 1. The van der Waals surface area contributed by atoms with Gasteiger partial charge in [0.05, 0.1) is 25.8 Å². The van der Waals surface area contributed by atoms with Crippen LogP contribution in [0.5, 0.6) is 11.5 Å². The Hall–Kier alpha value is -2.54. The number of nitrogens with zero attached hydrogens (tertiary/aromatic N) is 2. The van der Waals surface area contributed by atoms with Crippen LogP contribution in [0.4, 0.5) is 0 Å². The molecule has 1 N–H and O–H groups in total. The molecule has 1 amide bonds. The lowest BCUT2D eigenvalue weighted by Crippen LogP contribution is -2.38. The van der Waals surface area contributed by atoms with E-state index in [0.717, 1.165) is 13.1 Å². The van der Waals surface area contributed by atoms with Crippen molar-refractivity contribution in [3.8, 4) is 11.5 Å². The highest BCUT2D eigenvalue weighted by atomic mass is 16.5. The van der Waals surface area contributed by atoms with Gasteiger partial charge in [-0.3, -0.25) is 9.59 Å². The third kappa shape index (κ3) is 4.14. The number of methoxy groups -OCH3 is 2. The van der Waals surface area contributed by atoms with E-state index in [9.17, 15) is 14.7 Å². The van der Waals surface area contributed by atoms with Gasteiger partial charge in [0.15, 0.2) is 23.0 Å². The first-order valence-corrected chi connectivity index (χ1v) is 9.64. The fourth-order valence-corrected chi connectivity index (χ4v) is 3.52. The summed E-state index contributed by atoms with van der Waals surface area (Å²) in [6.07, 6.45) is 0.209. The largest absolute Gasteiger partial charge is 0.503 e. The molecule has 0 spiro atoms. The van der Waals surface area contributed by atoms with Crippen molar-refractivity contribution in [3.63, 3.8) is 0 Å². The average Bonchev–Trinajstić information content (AvgIpc) is 2.98. The van der Waals surface area contributed by atoms with Crippen LogP contribution >= 0.6 is 0 Å². The first-order valence-electron chi connectivity index (χ1n) is 9.64. The van der Waals surface area contributed by atoms with Crippen LogP contribution in [-0.2, 0) is 9.59 Å². The molecule has 0 saturated heterocycles. The molecule has 0 bridgehead atoms. The number of likely N-dealkylation sites (N-methyl/N-ethyl adjacent to an activating group) is 1. The van der Waals surface area contributed by atoms with E-state index >= 15 is 0 Å². The average molecular weight is 390 g/mol. The van der Waals surface area contributed by atoms with Gasteiger partial charge in [-0.05, 0) is 30.8 Å². The van der Waals surface area contributed by atoms with E-state index in [4.69, 9.17) is 9.47 Å². The first-order chi connectivity index (χ1) is 13.4. The van der Waals surface area contributed by atoms with Crippen molar-refractivity contribution in [1.29, 1.82) is 0 Å². The SMILES string of the molecule is CCC(=O)C1=C(O)C(=O)N(CCN(CC)CC)C1c1ccc(OC)c(OC)c1. The maximum atomic E-state index is 12.8. The van der Waals surface area contributed by atoms with Crippen LogP contribution in [-0.4, -0.2) is 67.0 Å². The Morgan fingerprint density at radius 1 is 1.14 bits per heavy atom. The first kappa shape index (κ1) is 21.8. The number of carbonyl (C=O) groups is 2. The van der Waals surface area contributed by atoms with Crippen molar-refractivity contribution in [1.82, 2.24) is 9.80 Å². The summed E-state index contributed by atoms with van der Waals surface area (Å²) in [4.78, 5) is 29.1. The lowest BCUT2D eigenvalue weighted by Gasteiger charge is -2.29. The quantitative estimate of drug-likeness (QED) is 0.662. The van der Waals surface area contributed by atoms with Gasteiger partial charge in [0.25, 0.3) is 5.91 Å². The second kappa shape index (κ2) is 9.59. The number of hydrogen-bond acceptors (Lipinski definition) is 6. The number of aliphatic hydroxyl groups excluding tert-OH is 1. The number of hydrogen-bond donors (Lipinski definition) is 1. The highest BCUT2D eigenvalue weighted by Gasteiger charge is 2.43. The number of benzene rings is 1. The Balaban J connectivity index is 2.48. The minimum Gasteiger partial charge on any atom is -0.503 e. The minimum atomic E-state index is -0.643. The van der Waals surface area contributed by atoms with Gasteiger partial charge in [-0.15, -0.1) is 0 Å². The molecule has 0 aromatic heterocycles. The van der Waals surface area contributed by atoms with Crippen molar-refractivity contribution >= 4 is 11.7 Å². The molecule has 1 unspecified atom stereocenters. The number of rotatable bonds is 10. The molecule has 1 aromatic carbocycles. The smallest absolute Gasteiger partial charge is 0.290 e. The zero-order chi connectivity index (χ0) is 20.8. The van der Waals surface area contributed by atoms with E-state index in [1.807, 2.05) is 0 Å². The monoisotopic (exact) mass is 390 g/mol. The predicted octanol–water partition coefficient (Wildman–Crippen LogP) is 2.72. The third-order valence-electron chi connectivity index (χ3n) is 5.20. The predicted molar refractivity (Wildman–Crippen MR) is 107 cm³/mol. The van der Waals surface area contributed by atoms with Gasteiger partial charge in [-0.2, -0.15) is 0 Å². The van der Waals surface area contributed by atoms with E-state index in [0.29, 0.717) is 30.2 Å². The Labute approximate surface area is 166 Å². The molecule has 7 nitrogen and oxygen atoms in total. The molecular weight excluding hydrogens is 360 g/mol. The summed E-state index contributed by atoms with van der Waals surface area (Å²) in [5.74, 6) is -0.140. The molecule has 1 aliphatic rings. The van der Waals surface area contributed by atoms with Crippen LogP contribution in [0.2, 0.25) is 0 Å². The Bertz CT molecular complexity index is 755. The zero-order valence-corrected chi connectivity index (χ0v) is 17.3. The van der Waals surface area contributed by atoms with Crippen LogP contribution in [0.3, 0.4) is 0 Å². The van der Waals surface area contributed by atoms with Crippen LogP contribution in [0.25, 0.3) is 0 Å². The van der Waals surface area contributed by atoms with E-state index in [1.165, 1.54) is 7.11 Å². The van der Waals surface area contributed by atoms with Crippen molar-refractivity contribution in [2.24, 2.45) is 0 Å². The summed E-state index contributed by atoms with van der Waals surface area (Å²) in [6.45, 7) is 8.62. The van der Waals surface area contributed by atoms with Crippen LogP contribution in [0, 0.1) is 0 Å². The van der Waals surface area contributed by atoms with Gasteiger partial charge in [-0.25, -0.2) is 0 Å². The molecule has 1 aromatic rings. The summed E-state index contributed by atoms with van der Waals surface area (Å²) in [6, 6.07) is 4.65. The number of ether oxygens (including phenoxy) is 2. The van der Waals surface area contributed by atoms with E-state index in [1.54, 1.807) is 37.1 Å². The van der Waals surface area contributed by atoms with Crippen molar-refractivity contribution in [2.45, 2.75) is 33.2 Å². The fraction of sp³-hybridized carbons (Fsp3) is 0.524. The van der Waals surface area contributed by atoms with Gasteiger partial charge in [0, 0.05) is 19.5 Å². The lowest BCUT2D eigenvalue weighted by molar-refractivity contribution is -0.129. The van der Waals surface area contributed by atoms with E-state index < -0.39 is 17.7 Å². The number of aliphatic hydroxyl groups is 1. The van der Waals surface area contributed by atoms with Gasteiger partial charge in [0.1, 0.15) is 0 Å². The van der Waals surface area contributed by atoms with Gasteiger partial charge in [0.2, 0.25) is 0 Å². The number of amides is 1. The number of ketones is 1. The normalized spacial score (nSPS) is 16.9. The van der Waals surface area contributed by atoms with Crippen molar-refractivity contribution in [2.75, 3.05) is 40.4 Å². The molecule has 1 heterocycles. The number of carbonyl (C=O) groups excluding carboxylic acids is 2. The third-order valence-corrected chi connectivity index (χ3v) is 5.20. The molecule has 1 aliphatic heterocycles. The van der Waals surface area contributed by atoms with Gasteiger partial charge >= 0.3 is 0 Å². The summed E-state index contributed by atoms with van der Waals surface area (Å²) in [7, 11) is 3.08. The maximum Gasteiger partial charge on any atom is 0.290 e. The summed E-state index contributed by atoms with van der Waals surface area (Å²) >= 11 is 0.